The molecule has 0 spiro atoms. The SMILES string of the molecule is CC(C)N(C(=O)/C=C/C=Cc1ccc2c(c1)OCO2)C(C)C. The van der Waals surface area contributed by atoms with Crippen LogP contribution in [0, 0.1) is 0 Å². The molecule has 2 rings (SSSR count). The number of nitrogens with zero attached hydrogens (tertiary/aromatic N) is 1. The van der Waals surface area contributed by atoms with Crippen LogP contribution in [0.25, 0.3) is 6.08 Å². The topological polar surface area (TPSA) is 38.8 Å². The van der Waals surface area contributed by atoms with Crippen LogP contribution in [0.5, 0.6) is 11.5 Å². The minimum absolute atomic E-state index is 0.0281. The number of rotatable bonds is 5. The number of benzene rings is 1. The smallest absolute Gasteiger partial charge is 0.247 e. The highest BCUT2D eigenvalue weighted by molar-refractivity contribution is 5.88. The van der Waals surface area contributed by atoms with Crippen LogP contribution in [0.3, 0.4) is 0 Å². The lowest BCUT2D eigenvalue weighted by Crippen LogP contribution is -2.41. The first-order valence-corrected chi connectivity index (χ1v) is 7.55. The molecule has 0 saturated carbocycles. The zero-order chi connectivity index (χ0) is 16.1. The van der Waals surface area contributed by atoms with Crippen molar-refractivity contribution in [2.24, 2.45) is 0 Å². The summed E-state index contributed by atoms with van der Waals surface area (Å²) < 4.78 is 10.6. The Balaban J connectivity index is 1.98. The molecule has 0 N–H and O–H groups in total. The Morgan fingerprint density at radius 1 is 1.09 bits per heavy atom. The second kappa shape index (κ2) is 7.16. The molecule has 118 valence electrons. The maximum atomic E-state index is 12.2. The molecule has 1 aliphatic heterocycles. The second-order valence-corrected chi connectivity index (χ2v) is 5.76. The Bertz CT molecular complexity index is 580. The quantitative estimate of drug-likeness (QED) is 0.616. The fraction of sp³-hybridized carbons (Fsp3) is 0.389. The van der Waals surface area contributed by atoms with Gasteiger partial charge in [-0.1, -0.05) is 24.3 Å². The number of fused-ring (bicyclic) bond motifs is 1. The Hall–Kier alpha value is -2.23. The molecular weight excluding hydrogens is 278 g/mol. The lowest BCUT2D eigenvalue weighted by Gasteiger charge is -2.29. The van der Waals surface area contributed by atoms with Crippen molar-refractivity contribution < 1.29 is 14.3 Å². The average molecular weight is 301 g/mol. The van der Waals surface area contributed by atoms with Crippen molar-refractivity contribution in [1.82, 2.24) is 4.90 Å². The first-order chi connectivity index (χ1) is 10.5. The van der Waals surface area contributed by atoms with E-state index in [9.17, 15) is 4.79 Å². The highest BCUT2D eigenvalue weighted by atomic mass is 16.7. The minimum Gasteiger partial charge on any atom is -0.454 e. The summed E-state index contributed by atoms with van der Waals surface area (Å²) in [5.74, 6) is 1.56. The molecular formula is C18H23NO3. The number of carbonyl (C=O) groups is 1. The lowest BCUT2D eigenvalue weighted by atomic mass is 10.2. The van der Waals surface area contributed by atoms with Crippen LogP contribution in [-0.2, 0) is 4.79 Å². The van der Waals surface area contributed by atoms with Crippen LogP contribution in [0.15, 0.2) is 36.4 Å². The summed E-state index contributed by atoms with van der Waals surface area (Å²) in [5.41, 5.74) is 1.01. The van der Waals surface area contributed by atoms with E-state index in [-0.39, 0.29) is 24.8 Å². The molecule has 4 nitrogen and oxygen atoms in total. The molecule has 0 bridgehead atoms. The largest absolute Gasteiger partial charge is 0.454 e. The van der Waals surface area contributed by atoms with Crippen molar-refractivity contribution in [3.63, 3.8) is 0 Å². The van der Waals surface area contributed by atoms with Gasteiger partial charge in [0.25, 0.3) is 0 Å². The molecule has 0 aromatic heterocycles. The van der Waals surface area contributed by atoms with Gasteiger partial charge in [0, 0.05) is 18.2 Å². The summed E-state index contributed by atoms with van der Waals surface area (Å²) in [5, 5.41) is 0. The minimum atomic E-state index is 0.0281. The van der Waals surface area contributed by atoms with Crippen LogP contribution in [0.1, 0.15) is 33.3 Å². The number of allylic oxidation sites excluding steroid dienone is 2. The van der Waals surface area contributed by atoms with Crippen molar-refractivity contribution in [3.8, 4) is 11.5 Å². The molecule has 1 heterocycles. The lowest BCUT2D eigenvalue weighted by molar-refractivity contribution is -0.129. The predicted octanol–water partition coefficient (Wildman–Crippen LogP) is 3.63. The number of amides is 1. The van der Waals surface area contributed by atoms with Crippen molar-refractivity contribution in [2.75, 3.05) is 6.79 Å². The van der Waals surface area contributed by atoms with Gasteiger partial charge in [-0.3, -0.25) is 4.79 Å². The summed E-state index contributed by atoms with van der Waals surface area (Å²) in [6.07, 6.45) is 7.16. The summed E-state index contributed by atoms with van der Waals surface area (Å²) in [7, 11) is 0. The van der Waals surface area contributed by atoms with Gasteiger partial charge in [-0.15, -0.1) is 0 Å². The molecule has 1 aromatic rings. The van der Waals surface area contributed by atoms with Gasteiger partial charge in [-0.05, 0) is 45.4 Å². The molecule has 1 amide bonds. The Labute approximate surface area is 132 Å². The molecule has 1 aromatic carbocycles. The van der Waals surface area contributed by atoms with Crippen molar-refractivity contribution >= 4 is 12.0 Å². The molecule has 4 heteroatoms. The molecule has 0 atom stereocenters. The molecule has 0 saturated heterocycles. The Morgan fingerprint density at radius 2 is 1.77 bits per heavy atom. The number of hydrogen-bond acceptors (Lipinski definition) is 3. The third-order valence-corrected chi connectivity index (χ3v) is 3.40. The first-order valence-electron chi connectivity index (χ1n) is 7.55. The molecule has 0 unspecified atom stereocenters. The predicted molar refractivity (Wildman–Crippen MR) is 87.9 cm³/mol. The van der Waals surface area contributed by atoms with Gasteiger partial charge >= 0.3 is 0 Å². The third-order valence-electron chi connectivity index (χ3n) is 3.40. The van der Waals surface area contributed by atoms with Crippen molar-refractivity contribution in [1.29, 1.82) is 0 Å². The van der Waals surface area contributed by atoms with Gasteiger partial charge in [0.2, 0.25) is 12.7 Å². The van der Waals surface area contributed by atoms with Crippen molar-refractivity contribution in [3.05, 3.63) is 42.0 Å². The van der Waals surface area contributed by atoms with E-state index in [1.165, 1.54) is 0 Å². The number of ether oxygens (including phenoxy) is 2. The van der Waals surface area contributed by atoms with E-state index in [2.05, 4.69) is 0 Å². The van der Waals surface area contributed by atoms with Crippen LogP contribution in [-0.4, -0.2) is 29.7 Å². The highest BCUT2D eigenvalue weighted by Gasteiger charge is 2.17. The molecule has 22 heavy (non-hydrogen) atoms. The van der Waals surface area contributed by atoms with Gasteiger partial charge in [-0.2, -0.15) is 0 Å². The van der Waals surface area contributed by atoms with E-state index >= 15 is 0 Å². The third kappa shape index (κ3) is 3.91. The maximum Gasteiger partial charge on any atom is 0.247 e. The van der Waals surface area contributed by atoms with E-state index < -0.39 is 0 Å². The van der Waals surface area contributed by atoms with E-state index in [0.717, 1.165) is 17.1 Å². The van der Waals surface area contributed by atoms with Crippen molar-refractivity contribution in [2.45, 2.75) is 39.8 Å². The van der Waals surface area contributed by atoms with Gasteiger partial charge < -0.3 is 14.4 Å². The Kier molecular flexibility index (Phi) is 5.26. The molecule has 0 aliphatic carbocycles. The summed E-state index contributed by atoms with van der Waals surface area (Å²) >= 11 is 0. The highest BCUT2D eigenvalue weighted by Crippen LogP contribution is 2.32. The fourth-order valence-electron chi connectivity index (χ4n) is 2.51. The van der Waals surface area contributed by atoms with Gasteiger partial charge in [-0.25, -0.2) is 0 Å². The fourth-order valence-corrected chi connectivity index (χ4v) is 2.51. The van der Waals surface area contributed by atoms with Crippen LogP contribution >= 0.6 is 0 Å². The molecule has 0 radical (unpaired) electrons. The van der Waals surface area contributed by atoms with E-state index in [4.69, 9.17) is 9.47 Å². The second-order valence-electron chi connectivity index (χ2n) is 5.76. The van der Waals surface area contributed by atoms with Crippen LogP contribution < -0.4 is 9.47 Å². The van der Waals surface area contributed by atoms with Gasteiger partial charge in [0.1, 0.15) is 0 Å². The Morgan fingerprint density at radius 3 is 2.45 bits per heavy atom. The number of hydrogen-bond donors (Lipinski definition) is 0. The normalized spacial score (nSPS) is 13.7. The standard InChI is InChI=1S/C18H23NO3/c1-13(2)19(14(3)4)18(20)8-6-5-7-15-9-10-16-17(11-15)22-12-21-16/h5-11,13-14H,12H2,1-4H3/b7-5?,8-6+. The van der Waals surface area contributed by atoms with E-state index in [1.54, 1.807) is 12.2 Å². The first kappa shape index (κ1) is 16.1. The zero-order valence-corrected chi connectivity index (χ0v) is 13.6. The number of carbonyl (C=O) groups excluding carboxylic acids is 1. The average Bonchev–Trinajstić information content (AvgIpc) is 2.90. The van der Waals surface area contributed by atoms with Crippen LogP contribution in [0.2, 0.25) is 0 Å². The summed E-state index contributed by atoms with van der Waals surface area (Å²) in [4.78, 5) is 14.0. The zero-order valence-electron chi connectivity index (χ0n) is 13.6. The molecule has 0 fully saturated rings. The van der Waals surface area contributed by atoms with Gasteiger partial charge in [0.05, 0.1) is 0 Å². The summed E-state index contributed by atoms with van der Waals surface area (Å²) in [6.45, 7) is 8.36. The van der Waals surface area contributed by atoms with E-state index in [1.807, 2.05) is 62.9 Å². The van der Waals surface area contributed by atoms with Gasteiger partial charge in [0.15, 0.2) is 11.5 Å². The van der Waals surface area contributed by atoms with Crippen LogP contribution in [0.4, 0.5) is 0 Å². The maximum absolute atomic E-state index is 12.2. The van der Waals surface area contributed by atoms with E-state index in [0.29, 0.717) is 0 Å². The molecule has 1 aliphatic rings. The summed E-state index contributed by atoms with van der Waals surface area (Å²) in [6, 6.07) is 6.14. The monoisotopic (exact) mass is 301 g/mol.